The van der Waals surface area contributed by atoms with Gasteiger partial charge in [-0.05, 0) is 48.7 Å². The average molecular weight is 319 g/mol. The zero-order valence-electron chi connectivity index (χ0n) is 12.8. The van der Waals surface area contributed by atoms with Gasteiger partial charge < -0.3 is 14.2 Å². The minimum Gasteiger partial charge on any atom is -0.489 e. The first-order valence-electron chi connectivity index (χ1n) is 7.35. The molecule has 1 saturated heterocycles. The molecule has 0 N–H and O–H groups in total. The predicted molar refractivity (Wildman–Crippen MR) is 86.3 cm³/mol. The maximum Gasteiger partial charge on any atom is 0.184 e. The van der Waals surface area contributed by atoms with Crippen molar-refractivity contribution in [3.63, 3.8) is 0 Å². The first-order chi connectivity index (χ1) is 10.6. The van der Waals surface area contributed by atoms with E-state index >= 15 is 0 Å². The molecule has 3 nitrogen and oxygen atoms in total. The van der Waals surface area contributed by atoms with Gasteiger partial charge in [-0.25, -0.2) is 0 Å². The third-order valence-electron chi connectivity index (χ3n) is 3.71. The third-order valence-corrected chi connectivity index (χ3v) is 3.94. The van der Waals surface area contributed by atoms with Crippen LogP contribution < -0.4 is 4.74 Å². The normalized spacial score (nSPS) is 15.2. The topological polar surface area (TPSA) is 27.7 Å². The molecule has 0 aromatic heterocycles. The fourth-order valence-corrected chi connectivity index (χ4v) is 2.68. The molecule has 0 atom stereocenters. The van der Waals surface area contributed by atoms with E-state index in [0.717, 1.165) is 22.4 Å². The number of halogens is 1. The molecule has 116 valence electrons. The Morgan fingerprint density at radius 3 is 2.64 bits per heavy atom. The second-order valence-corrected chi connectivity index (χ2v) is 5.91. The number of hydrogen-bond donors (Lipinski definition) is 0. The van der Waals surface area contributed by atoms with E-state index in [9.17, 15) is 0 Å². The van der Waals surface area contributed by atoms with Crippen LogP contribution in [0.15, 0.2) is 36.4 Å². The van der Waals surface area contributed by atoms with Gasteiger partial charge in [-0.15, -0.1) is 0 Å². The Labute approximate surface area is 135 Å². The predicted octanol–water partition coefficient (Wildman–Crippen LogP) is 4.58. The van der Waals surface area contributed by atoms with Crippen molar-refractivity contribution < 1.29 is 14.2 Å². The van der Waals surface area contributed by atoms with Gasteiger partial charge in [0.05, 0.1) is 13.2 Å². The molecule has 0 bridgehead atoms. The molecule has 1 fully saturated rings. The summed E-state index contributed by atoms with van der Waals surface area (Å²) in [7, 11) is 0. The molecule has 0 unspecified atom stereocenters. The van der Waals surface area contributed by atoms with Crippen molar-refractivity contribution in [1.82, 2.24) is 0 Å². The fraction of sp³-hybridized carbons (Fsp3) is 0.333. The molecule has 2 aromatic carbocycles. The van der Waals surface area contributed by atoms with Gasteiger partial charge in [-0.3, -0.25) is 0 Å². The van der Waals surface area contributed by atoms with Crippen LogP contribution in [-0.2, 0) is 16.1 Å². The van der Waals surface area contributed by atoms with Crippen LogP contribution in [0.4, 0.5) is 0 Å². The lowest BCUT2D eigenvalue weighted by atomic mass is 10.1. The maximum absolute atomic E-state index is 6.12. The molecule has 1 aliphatic heterocycles. The Morgan fingerprint density at radius 2 is 1.86 bits per heavy atom. The van der Waals surface area contributed by atoms with E-state index in [-0.39, 0.29) is 6.29 Å². The van der Waals surface area contributed by atoms with Gasteiger partial charge >= 0.3 is 0 Å². The Morgan fingerprint density at radius 1 is 1.09 bits per heavy atom. The molecule has 0 radical (unpaired) electrons. The van der Waals surface area contributed by atoms with Crippen molar-refractivity contribution in [2.24, 2.45) is 0 Å². The van der Waals surface area contributed by atoms with Crippen molar-refractivity contribution >= 4 is 11.6 Å². The summed E-state index contributed by atoms with van der Waals surface area (Å²) in [4.78, 5) is 0. The van der Waals surface area contributed by atoms with Gasteiger partial charge in [0.1, 0.15) is 12.4 Å². The molecule has 0 spiro atoms. The van der Waals surface area contributed by atoms with E-state index in [1.165, 1.54) is 5.56 Å². The molecule has 3 rings (SSSR count). The highest BCUT2D eigenvalue weighted by Crippen LogP contribution is 2.30. The van der Waals surface area contributed by atoms with Gasteiger partial charge in [-0.1, -0.05) is 29.8 Å². The Kier molecular flexibility index (Phi) is 4.67. The van der Waals surface area contributed by atoms with Crippen LogP contribution >= 0.6 is 11.6 Å². The van der Waals surface area contributed by atoms with Crippen molar-refractivity contribution in [2.45, 2.75) is 26.7 Å². The summed E-state index contributed by atoms with van der Waals surface area (Å²) in [5.41, 5.74) is 4.25. The van der Waals surface area contributed by atoms with E-state index in [1.807, 2.05) is 31.2 Å². The number of ether oxygens (including phenoxy) is 3. The minimum atomic E-state index is -0.325. The van der Waals surface area contributed by atoms with E-state index in [0.29, 0.717) is 24.8 Å². The summed E-state index contributed by atoms with van der Waals surface area (Å²) in [5, 5.41) is 0.682. The lowest BCUT2D eigenvalue weighted by Gasteiger charge is -2.16. The highest BCUT2D eigenvalue weighted by Gasteiger charge is 2.21. The van der Waals surface area contributed by atoms with Crippen LogP contribution in [0.2, 0.25) is 5.02 Å². The second-order valence-electron chi connectivity index (χ2n) is 5.47. The maximum atomic E-state index is 6.12. The fourth-order valence-electron chi connectivity index (χ4n) is 2.49. The van der Waals surface area contributed by atoms with Crippen LogP contribution in [0.5, 0.6) is 5.75 Å². The Balaban J connectivity index is 1.82. The Hall–Kier alpha value is -1.55. The van der Waals surface area contributed by atoms with Crippen LogP contribution in [0.1, 0.15) is 28.5 Å². The van der Waals surface area contributed by atoms with Gasteiger partial charge in [0, 0.05) is 10.6 Å². The van der Waals surface area contributed by atoms with Gasteiger partial charge in [-0.2, -0.15) is 0 Å². The largest absolute Gasteiger partial charge is 0.489 e. The number of hydrogen-bond acceptors (Lipinski definition) is 3. The molecular formula is C18H19ClO3. The second kappa shape index (κ2) is 6.69. The highest BCUT2D eigenvalue weighted by molar-refractivity contribution is 6.30. The Bertz CT molecular complexity index is 663. The van der Waals surface area contributed by atoms with E-state index in [1.54, 1.807) is 0 Å². The molecule has 1 heterocycles. The van der Waals surface area contributed by atoms with E-state index in [2.05, 4.69) is 19.1 Å². The molecule has 0 aliphatic carbocycles. The molecule has 0 amide bonds. The summed E-state index contributed by atoms with van der Waals surface area (Å²) in [6.07, 6.45) is -0.325. The van der Waals surface area contributed by atoms with Crippen molar-refractivity contribution in [2.75, 3.05) is 13.2 Å². The van der Waals surface area contributed by atoms with Gasteiger partial charge in [0.2, 0.25) is 0 Å². The van der Waals surface area contributed by atoms with Gasteiger partial charge in [0.25, 0.3) is 0 Å². The van der Waals surface area contributed by atoms with Crippen molar-refractivity contribution in [1.29, 1.82) is 0 Å². The monoisotopic (exact) mass is 318 g/mol. The lowest BCUT2D eigenvalue weighted by molar-refractivity contribution is -0.0451. The first-order valence-corrected chi connectivity index (χ1v) is 7.73. The van der Waals surface area contributed by atoms with Gasteiger partial charge in [0.15, 0.2) is 6.29 Å². The van der Waals surface area contributed by atoms with Crippen LogP contribution in [-0.4, -0.2) is 13.2 Å². The average Bonchev–Trinajstić information content (AvgIpc) is 3.02. The van der Waals surface area contributed by atoms with Crippen molar-refractivity contribution in [3.05, 3.63) is 63.7 Å². The molecule has 22 heavy (non-hydrogen) atoms. The quantitative estimate of drug-likeness (QED) is 0.825. The zero-order valence-corrected chi connectivity index (χ0v) is 13.5. The minimum absolute atomic E-state index is 0.325. The lowest BCUT2D eigenvalue weighted by Crippen LogP contribution is -2.06. The molecule has 1 aliphatic rings. The van der Waals surface area contributed by atoms with Crippen molar-refractivity contribution in [3.8, 4) is 5.75 Å². The number of rotatable bonds is 4. The summed E-state index contributed by atoms with van der Waals surface area (Å²) in [6, 6.07) is 11.9. The standard InChI is InChI=1S/C18H19ClO3/c1-12-3-4-13(2)17(9-12)22-11-14-10-15(19)5-6-16(14)18-20-7-8-21-18/h3-6,9-10,18H,7-8,11H2,1-2H3. The summed E-state index contributed by atoms with van der Waals surface area (Å²) in [5.74, 6) is 0.888. The number of benzene rings is 2. The summed E-state index contributed by atoms with van der Waals surface area (Å²) in [6.45, 7) is 5.76. The SMILES string of the molecule is Cc1ccc(C)c(OCc2cc(Cl)ccc2C2OCCO2)c1. The molecule has 2 aromatic rings. The molecule has 0 saturated carbocycles. The first kappa shape index (κ1) is 15.3. The summed E-state index contributed by atoms with van der Waals surface area (Å²) < 4.78 is 17.2. The molecule has 4 heteroatoms. The highest BCUT2D eigenvalue weighted by atomic mass is 35.5. The van der Waals surface area contributed by atoms with Crippen LogP contribution in [0.3, 0.4) is 0 Å². The number of aryl methyl sites for hydroxylation is 2. The summed E-state index contributed by atoms with van der Waals surface area (Å²) >= 11 is 6.12. The van der Waals surface area contributed by atoms with Crippen LogP contribution in [0, 0.1) is 13.8 Å². The van der Waals surface area contributed by atoms with E-state index in [4.69, 9.17) is 25.8 Å². The smallest absolute Gasteiger partial charge is 0.184 e. The molecular weight excluding hydrogens is 300 g/mol. The van der Waals surface area contributed by atoms with Crippen LogP contribution in [0.25, 0.3) is 0 Å². The third kappa shape index (κ3) is 3.43. The zero-order chi connectivity index (χ0) is 15.5. The van der Waals surface area contributed by atoms with E-state index < -0.39 is 0 Å².